The van der Waals surface area contributed by atoms with Crippen LogP contribution in [0.4, 0.5) is 0 Å². The minimum Gasteiger partial charge on any atom is -0.468 e. The van der Waals surface area contributed by atoms with Crippen LogP contribution in [0.25, 0.3) is 0 Å². The van der Waals surface area contributed by atoms with Crippen molar-refractivity contribution in [3.05, 3.63) is 35.6 Å². The predicted octanol–water partition coefficient (Wildman–Crippen LogP) is 3.22. The van der Waals surface area contributed by atoms with E-state index < -0.39 is 10.0 Å². The summed E-state index contributed by atoms with van der Waals surface area (Å²) >= 11 is 1.84. The molecule has 8 heteroatoms. The lowest BCUT2D eigenvalue weighted by Gasteiger charge is -2.30. The monoisotopic (exact) mass is 370 g/mol. The Balaban J connectivity index is 1.53. The van der Waals surface area contributed by atoms with Crippen molar-refractivity contribution in [2.45, 2.75) is 37.3 Å². The van der Waals surface area contributed by atoms with Crippen LogP contribution in [0.2, 0.25) is 0 Å². The molecule has 132 valence electrons. The smallest absolute Gasteiger partial charge is 0.248 e. The standard InChI is InChI=1S/C16H22N2O4S2/c1-12-16(13(2)22-17-12)24(19,20)18-7-5-14(6-8-18)10-23-11-15-4-3-9-21-15/h3-4,9,14H,5-8,10-11H2,1-2H3. The highest BCUT2D eigenvalue weighted by Crippen LogP contribution is 2.29. The summed E-state index contributed by atoms with van der Waals surface area (Å²) in [5, 5.41) is 3.76. The molecular formula is C16H22N2O4S2. The Morgan fingerprint density at radius 1 is 1.33 bits per heavy atom. The summed E-state index contributed by atoms with van der Waals surface area (Å²) in [5.41, 5.74) is 0.434. The van der Waals surface area contributed by atoms with E-state index in [9.17, 15) is 8.42 Å². The molecule has 0 spiro atoms. The molecule has 1 aliphatic heterocycles. The number of furan rings is 1. The molecule has 1 saturated heterocycles. The summed E-state index contributed by atoms with van der Waals surface area (Å²) in [6.07, 6.45) is 3.45. The number of thioether (sulfide) groups is 1. The van der Waals surface area contributed by atoms with Gasteiger partial charge >= 0.3 is 0 Å². The number of piperidine rings is 1. The highest BCUT2D eigenvalue weighted by atomic mass is 32.2. The summed E-state index contributed by atoms with van der Waals surface area (Å²) in [5.74, 6) is 3.79. The Morgan fingerprint density at radius 2 is 2.08 bits per heavy atom. The molecule has 0 saturated carbocycles. The number of hydrogen-bond acceptors (Lipinski definition) is 6. The molecule has 0 unspecified atom stereocenters. The zero-order chi connectivity index (χ0) is 17.2. The van der Waals surface area contributed by atoms with Crippen LogP contribution in [0.3, 0.4) is 0 Å². The Kier molecular flexibility index (Phi) is 5.36. The minimum absolute atomic E-state index is 0.230. The van der Waals surface area contributed by atoms with Gasteiger partial charge in [-0.1, -0.05) is 5.16 Å². The summed E-state index contributed by atoms with van der Waals surface area (Å²) in [6.45, 7) is 4.42. The normalized spacial score (nSPS) is 17.4. The molecule has 24 heavy (non-hydrogen) atoms. The predicted molar refractivity (Wildman–Crippen MR) is 92.3 cm³/mol. The molecule has 2 aromatic rings. The molecule has 0 aliphatic carbocycles. The highest BCUT2D eigenvalue weighted by Gasteiger charge is 2.33. The fraction of sp³-hybridized carbons (Fsp3) is 0.562. The Bertz CT molecular complexity index is 741. The average molecular weight is 370 g/mol. The number of rotatable bonds is 6. The van der Waals surface area contributed by atoms with E-state index in [0.29, 0.717) is 30.5 Å². The molecule has 2 aromatic heterocycles. The second-order valence-electron chi connectivity index (χ2n) is 6.10. The quantitative estimate of drug-likeness (QED) is 0.777. The Labute approximate surface area is 146 Å². The molecule has 1 aliphatic rings. The maximum Gasteiger partial charge on any atom is 0.248 e. The number of aromatic nitrogens is 1. The van der Waals surface area contributed by atoms with Gasteiger partial charge in [-0.05, 0) is 50.5 Å². The van der Waals surface area contributed by atoms with Crippen molar-refractivity contribution >= 4 is 21.8 Å². The molecule has 0 N–H and O–H groups in total. The van der Waals surface area contributed by atoms with Crippen LogP contribution in [0.15, 0.2) is 32.2 Å². The summed E-state index contributed by atoms with van der Waals surface area (Å²) in [7, 11) is -3.50. The van der Waals surface area contributed by atoms with Gasteiger partial charge in [0.1, 0.15) is 16.3 Å². The summed E-state index contributed by atoms with van der Waals surface area (Å²) in [4.78, 5) is 0.230. The highest BCUT2D eigenvalue weighted by molar-refractivity contribution is 7.98. The Hall–Kier alpha value is -1.25. The fourth-order valence-corrected chi connectivity index (χ4v) is 5.92. The van der Waals surface area contributed by atoms with Crippen LogP contribution >= 0.6 is 11.8 Å². The van der Waals surface area contributed by atoms with E-state index in [1.54, 1.807) is 24.4 Å². The SMILES string of the molecule is Cc1noc(C)c1S(=O)(=O)N1CCC(CSCc2ccco2)CC1. The zero-order valence-electron chi connectivity index (χ0n) is 13.9. The van der Waals surface area contributed by atoms with Crippen molar-refractivity contribution in [3.63, 3.8) is 0 Å². The Morgan fingerprint density at radius 3 is 2.67 bits per heavy atom. The van der Waals surface area contributed by atoms with Crippen LogP contribution in [0.1, 0.15) is 30.1 Å². The molecule has 3 heterocycles. The largest absolute Gasteiger partial charge is 0.468 e. The first kappa shape index (κ1) is 17.6. The molecule has 1 fully saturated rings. The van der Waals surface area contributed by atoms with Gasteiger partial charge in [-0.3, -0.25) is 0 Å². The lowest BCUT2D eigenvalue weighted by Crippen LogP contribution is -2.39. The van der Waals surface area contributed by atoms with Gasteiger partial charge in [0.15, 0.2) is 5.76 Å². The van der Waals surface area contributed by atoms with Gasteiger partial charge in [-0.2, -0.15) is 16.1 Å². The van der Waals surface area contributed by atoms with E-state index in [1.165, 1.54) is 0 Å². The van der Waals surface area contributed by atoms with Crippen molar-refractivity contribution < 1.29 is 17.4 Å². The number of nitrogens with zero attached hydrogens (tertiary/aromatic N) is 2. The van der Waals surface area contributed by atoms with E-state index in [-0.39, 0.29) is 4.90 Å². The van der Waals surface area contributed by atoms with Gasteiger partial charge in [-0.15, -0.1) is 0 Å². The minimum atomic E-state index is -3.50. The van der Waals surface area contributed by atoms with Crippen LogP contribution in [-0.2, 0) is 15.8 Å². The van der Waals surface area contributed by atoms with Gasteiger partial charge < -0.3 is 8.94 Å². The van der Waals surface area contributed by atoms with Crippen LogP contribution < -0.4 is 0 Å². The van der Waals surface area contributed by atoms with E-state index in [2.05, 4.69) is 5.16 Å². The van der Waals surface area contributed by atoms with E-state index in [4.69, 9.17) is 8.94 Å². The van der Waals surface area contributed by atoms with Crippen molar-refractivity contribution in [1.29, 1.82) is 0 Å². The van der Waals surface area contributed by atoms with Crippen molar-refractivity contribution in [2.24, 2.45) is 5.92 Å². The maximum atomic E-state index is 12.8. The second-order valence-corrected chi connectivity index (χ2v) is 9.00. The third-order valence-corrected chi connectivity index (χ3v) is 7.66. The maximum absolute atomic E-state index is 12.8. The average Bonchev–Trinajstić information content (AvgIpc) is 3.18. The first-order valence-electron chi connectivity index (χ1n) is 8.01. The zero-order valence-corrected chi connectivity index (χ0v) is 15.5. The van der Waals surface area contributed by atoms with Crippen LogP contribution in [0.5, 0.6) is 0 Å². The number of aryl methyl sites for hydroxylation is 2. The summed E-state index contributed by atoms with van der Waals surface area (Å²) < 4.78 is 37.5. The van der Waals surface area contributed by atoms with Crippen LogP contribution in [-0.4, -0.2) is 36.7 Å². The number of sulfonamides is 1. The van der Waals surface area contributed by atoms with Crippen molar-refractivity contribution in [1.82, 2.24) is 9.46 Å². The fourth-order valence-electron chi connectivity index (χ4n) is 3.01. The van der Waals surface area contributed by atoms with E-state index in [1.807, 2.05) is 23.9 Å². The van der Waals surface area contributed by atoms with Gasteiger partial charge in [0, 0.05) is 13.1 Å². The molecule has 0 atom stereocenters. The van der Waals surface area contributed by atoms with Crippen LogP contribution in [0, 0.1) is 19.8 Å². The molecular weight excluding hydrogens is 348 g/mol. The molecule has 0 bridgehead atoms. The molecule has 0 amide bonds. The second kappa shape index (κ2) is 7.33. The van der Waals surface area contributed by atoms with Gasteiger partial charge in [0.25, 0.3) is 0 Å². The lowest BCUT2D eigenvalue weighted by molar-refractivity contribution is 0.290. The third kappa shape index (κ3) is 3.70. The molecule has 0 radical (unpaired) electrons. The topological polar surface area (TPSA) is 76.6 Å². The first-order chi connectivity index (χ1) is 11.5. The van der Waals surface area contributed by atoms with Gasteiger partial charge in [0.2, 0.25) is 10.0 Å². The van der Waals surface area contributed by atoms with E-state index >= 15 is 0 Å². The van der Waals surface area contributed by atoms with Gasteiger partial charge in [-0.25, -0.2) is 8.42 Å². The molecule has 0 aromatic carbocycles. The molecule has 3 rings (SSSR count). The van der Waals surface area contributed by atoms with Gasteiger partial charge in [0.05, 0.1) is 12.0 Å². The lowest BCUT2D eigenvalue weighted by atomic mass is 10.0. The van der Waals surface area contributed by atoms with Crippen molar-refractivity contribution in [3.8, 4) is 0 Å². The third-order valence-electron chi connectivity index (χ3n) is 4.32. The first-order valence-corrected chi connectivity index (χ1v) is 10.6. The van der Waals surface area contributed by atoms with Crippen molar-refractivity contribution in [2.75, 3.05) is 18.8 Å². The summed E-state index contributed by atoms with van der Waals surface area (Å²) in [6, 6.07) is 3.87. The molecule has 6 nitrogen and oxygen atoms in total. The number of hydrogen-bond donors (Lipinski definition) is 0. The van der Waals surface area contributed by atoms with E-state index in [0.717, 1.165) is 30.1 Å².